The lowest BCUT2D eigenvalue weighted by atomic mass is 10.2. The first-order chi connectivity index (χ1) is 11.2. The first-order valence-electron chi connectivity index (χ1n) is 7.36. The Hall–Kier alpha value is -2.95. The van der Waals surface area contributed by atoms with Crippen LogP contribution in [0.1, 0.15) is 16.1 Å². The third kappa shape index (κ3) is 3.83. The van der Waals surface area contributed by atoms with Crippen LogP contribution in [0.3, 0.4) is 0 Å². The van der Waals surface area contributed by atoms with Crippen LogP contribution in [0.2, 0.25) is 0 Å². The molecule has 116 valence electrons. The molecule has 23 heavy (non-hydrogen) atoms. The molecule has 1 aromatic heterocycles. The van der Waals surface area contributed by atoms with Gasteiger partial charge in [-0.25, -0.2) is 9.07 Å². The first kappa shape index (κ1) is 15.0. The smallest absolute Gasteiger partial charge is 0.251 e. The van der Waals surface area contributed by atoms with Gasteiger partial charge in [0.05, 0.1) is 11.4 Å². The molecule has 0 unspecified atom stereocenters. The van der Waals surface area contributed by atoms with E-state index >= 15 is 0 Å². The number of benzene rings is 2. The predicted octanol–water partition coefficient (Wildman–Crippen LogP) is 2.98. The zero-order chi connectivity index (χ0) is 16.1. The van der Waals surface area contributed by atoms with Crippen molar-refractivity contribution in [3.8, 4) is 5.69 Å². The van der Waals surface area contributed by atoms with Gasteiger partial charge in [0.15, 0.2) is 0 Å². The summed E-state index contributed by atoms with van der Waals surface area (Å²) in [7, 11) is 0. The minimum atomic E-state index is -0.354. The summed E-state index contributed by atoms with van der Waals surface area (Å²) >= 11 is 0. The van der Waals surface area contributed by atoms with Crippen molar-refractivity contribution < 1.29 is 9.18 Å². The van der Waals surface area contributed by atoms with Crippen molar-refractivity contribution in [3.05, 3.63) is 83.9 Å². The third-order valence-electron chi connectivity index (χ3n) is 3.44. The van der Waals surface area contributed by atoms with Gasteiger partial charge in [-0.2, -0.15) is 5.10 Å². The largest absolute Gasteiger partial charge is 0.352 e. The number of carbonyl (C=O) groups is 1. The highest BCUT2D eigenvalue weighted by Gasteiger charge is 2.06. The topological polar surface area (TPSA) is 46.9 Å². The second-order valence-electron chi connectivity index (χ2n) is 5.10. The van der Waals surface area contributed by atoms with Crippen LogP contribution in [0.25, 0.3) is 5.69 Å². The van der Waals surface area contributed by atoms with E-state index < -0.39 is 0 Å². The van der Waals surface area contributed by atoms with Crippen molar-refractivity contribution in [2.45, 2.75) is 6.42 Å². The number of para-hydroxylation sites is 1. The van der Waals surface area contributed by atoms with Crippen LogP contribution >= 0.6 is 0 Å². The maximum atomic E-state index is 12.8. The van der Waals surface area contributed by atoms with Gasteiger partial charge in [-0.15, -0.1) is 0 Å². The normalized spacial score (nSPS) is 10.5. The summed E-state index contributed by atoms with van der Waals surface area (Å²) in [6, 6.07) is 17.2. The molecular formula is C18H16FN3O. The van der Waals surface area contributed by atoms with Crippen LogP contribution < -0.4 is 5.32 Å². The molecule has 0 aliphatic heterocycles. The zero-order valence-corrected chi connectivity index (χ0v) is 12.4. The highest BCUT2D eigenvalue weighted by Crippen LogP contribution is 2.07. The van der Waals surface area contributed by atoms with Crippen molar-refractivity contribution in [2.75, 3.05) is 6.54 Å². The predicted molar refractivity (Wildman–Crippen MR) is 86.0 cm³/mol. The Morgan fingerprint density at radius 1 is 1.04 bits per heavy atom. The molecule has 0 fully saturated rings. The fraction of sp³-hybridized carbons (Fsp3) is 0.111. The SMILES string of the molecule is O=C(NCCc1ccn(-c2ccccc2)n1)c1ccc(F)cc1. The van der Waals surface area contributed by atoms with Gasteiger partial charge in [0.25, 0.3) is 5.91 Å². The maximum absolute atomic E-state index is 12.8. The van der Waals surface area contributed by atoms with Crippen molar-refractivity contribution in [2.24, 2.45) is 0 Å². The van der Waals surface area contributed by atoms with E-state index in [1.54, 1.807) is 4.68 Å². The molecule has 0 aliphatic rings. The Morgan fingerprint density at radius 2 is 1.78 bits per heavy atom. The van der Waals surface area contributed by atoms with Gasteiger partial charge in [0.2, 0.25) is 0 Å². The van der Waals surface area contributed by atoms with Crippen LogP contribution in [-0.4, -0.2) is 22.2 Å². The molecule has 1 N–H and O–H groups in total. The summed E-state index contributed by atoms with van der Waals surface area (Å²) in [6.07, 6.45) is 2.53. The van der Waals surface area contributed by atoms with Crippen LogP contribution in [0.15, 0.2) is 66.9 Å². The van der Waals surface area contributed by atoms with E-state index in [0.29, 0.717) is 18.5 Å². The van der Waals surface area contributed by atoms with Gasteiger partial charge in [0, 0.05) is 24.7 Å². The Kier molecular flexibility index (Phi) is 4.47. The number of nitrogens with one attached hydrogen (secondary N) is 1. The summed E-state index contributed by atoms with van der Waals surface area (Å²) < 4.78 is 14.6. The molecule has 1 amide bonds. The third-order valence-corrected chi connectivity index (χ3v) is 3.44. The molecule has 1 heterocycles. The Balaban J connectivity index is 1.54. The minimum Gasteiger partial charge on any atom is -0.352 e. The molecule has 0 saturated carbocycles. The molecule has 0 radical (unpaired) electrons. The van der Waals surface area contributed by atoms with Crippen molar-refractivity contribution in [3.63, 3.8) is 0 Å². The fourth-order valence-electron chi connectivity index (χ4n) is 2.23. The Bertz CT molecular complexity index is 782. The molecule has 0 saturated heterocycles. The van der Waals surface area contributed by atoms with Gasteiger partial charge in [0.1, 0.15) is 5.82 Å². The quantitative estimate of drug-likeness (QED) is 0.787. The first-order valence-corrected chi connectivity index (χ1v) is 7.36. The van der Waals surface area contributed by atoms with Gasteiger partial charge in [-0.3, -0.25) is 4.79 Å². The van der Waals surface area contributed by atoms with E-state index in [2.05, 4.69) is 10.4 Å². The number of nitrogens with zero attached hydrogens (tertiary/aromatic N) is 2. The maximum Gasteiger partial charge on any atom is 0.251 e. The summed E-state index contributed by atoms with van der Waals surface area (Å²) in [6.45, 7) is 0.474. The molecule has 3 rings (SSSR count). The monoisotopic (exact) mass is 309 g/mol. The van der Waals surface area contributed by atoms with Crippen molar-refractivity contribution in [1.82, 2.24) is 15.1 Å². The second-order valence-corrected chi connectivity index (χ2v) is 5.10. The molecule has 0 spiro atoms. The molecular weight excluding hydrogens is 293 g/mol. The number of amides is 1. The highest BCUT2D eigenvalue weighted by molar-refractivity contribution is 5.94. The van der Waals surface area contributed by atoms with E-state index in [1.165, 1.54) is 24.3 Å². The number of hydrogen-bond donors (Lipinski definition) is 1. The van der Waals surface area contributed by atoms with Crippen molar-refractivity contribution >= 4 is 5.91 Å². The average molecular weight is 309 g/mol. The Labute approximate surface area is 133 Å². The van der Waals surface area contributed by atoms with Crippen LogP contribution in [-0.2, 0) is 6.42 Å². The summed E-state index contributed by atoms with van der Waals surface area (Å²) in [5.74, 6) is -0.569. The summed E-state index contributed by atoms with van der Waals surface area (Å²) in [5.41, 5.74) is 2.34. The number of carbonyl (C=O) groups excluding carboxylic acids is 1. The summed E-state index contributed by atoms with van der Waals surface area (Å²) in [5, 5.41) is 7.28. The highest BCUT2D eigenvalue weighted by atomic mass is 19.1. The number of aromatic nitrogens is 2. The lowest BCUT2D eigenvalue weighted by Gasteiger charge is -2.04. The molecule has 0 atom stereocenters. The van der Waals surface area contributed by atoms with Gasteiger partial charge < -0.3 is 5.32 Å². The number of rotatable bonds is 5. The Morgan fingerprint density at radius 3 is 2.52 bits per heavy atom. The van der Waals surface area contributed by atoms with E-state index in [0.717, 1.165) is 11.4 Å². The molecule has 3 aromatic rings. The van der Waals surface area contributed by atoms with E-state index in [9.17, 15) is 9.18 Å². The van der Waals surface area contributed by atoms with E-state index in [-0.39, 0.29) is 11.7 Å². The molecule has 4 nitrogen and oxygen atoms in total. The molecule has 0 aliphatic carbocycles. The standard InChI is InChI=1S/C18H16FN3O/c19-15-8-6-14(7-9-15)18(23)20-12-10-16-11-13-22(21-16)17-4-2-1-3-5-17/h1-9,11,13H,10,12H2,(H,20,23). The van der Waals surface area contributed by atoms with Gasteiger partial charge in [-0.05, 0) is 42.5 Å². The molecule has 5 heteroatoms. The zero-order valence-electron chi connectivity index (χ0n) is 12.4. The van der Waals surface area contributed by atoms with Crippen LogP contribution in [0, 0.1) is 5.82 Å². The minimum absolute atomic E-state index is 0.215. The lowest BCUT2D eigenvalue weighted by molar-refractivity contribution is 0.0954. The summed E-state index contributed by atoms with van der Waals surface area (Å²) in [4.78, 5) is 11.9. The molecule has 2 aromatic carbocycles. The second kappa shape index (κ2) is 6.87. The van der Waals surface area contributed by atoms with E-state index in [1.807, 2.05) is 42.6 Å². The van der Waals surface area contributed by atoms with Gasteiger partial charge >= 0.3 is 0 Å². The van der Waals surface area contributed by atoms with Crippen LogP contribution in [0.5, 0.6) is 0 Å². The van der Waals surface area contributed by atoms with Crippen LogP contribution in [0.4, 0.5) is 4.39 Å². The lowest BCUT2D eigenvalue weighted by Crippen LogP contribution is -2.25. The number of hydrogen-bond acceptors (Lipinski definition) is 2. The van der Waals surface area contributed by atoms with Gasteiger partial charge in [-0.1, -0.05) is 18.2 Å². The molecule has 0 bridgehead atoms. The average Bonchev–Trinajstić information content (AvgIpc) is 3.05. The fourth-order valence-corrected chi connectivity index (χ4v) is 2.23. The van der Waals surface area contributed by atoms with Crippen molar-refractivity contribution in [1.29, 1.82) is 0 Å². The van der Waals surface area contributed by atoms with E-state index in [4.69, 9.17) is 0 Å². The number of halogens is 1.